The summed E-state index contributed by atoms with van der Waals surface area (Å²) in [5.41, 5.74) is 2.56. The lowest BCUT2D eigenvalue weighted by atomic mass is 9.94. The number of carbonyl (C=O) groups excluding carboxylic acids is 1. The summed E-state index contributed by atoms with van der Waals surface area (Å²) in [4.78, 5) is 17.1. The minimum atomic E-state index is 0.0350. The molecule has 3 rings (SSSR count). The Hall–Kier alpha value is -2.20. The van der Waals surface area contributed by atoms with Crippen LogP contribution < -0.4 is 4.90 Å². The lowest BCUT2D eigenvalue weighted by Gasteiger charge is -2.39. The van der Waals surface area contributed by atoms with E-state index in [9.17, 15) is 10.1 Å². The number of amides is 1. The van der Waals surface area contributed by atoms with Gasteiger partial charge in [-0.05, 0) is 45.1 Å². The monoisotopic (exact) mass is 385 g/mol. The topological polar surface area (TPSA) is 82.3 Å². The molecule has 0 aromatic carbocycles. The van der Waals surface area contributed by atoms with Crippen molar-refractivity contribution in [1.82, 2.24) is 15.1 Å². The predicted octanol–water partition coefficient (Wildman–Crippen LogP) is 2.33. The fourth-order valence-corrected chi connectivity index (χ4v) is 4.46. The van der Waals surface area contributed by atoms with Gasteiger partial charge in [-0.2, -0.15) is 10.4 Å². The highest BCUT2D eigenvalue weighted by molar-refractivity contribution is 5.79. The van der Waals surface area contributed by atoms with E-state index in [1.54, 1.807) is 0 Å². The second-order valence-electron chi connectivity index (χ2n) is 7.90. The van der Waals surface area contributed by atoms with Crippen molar-refractivity contribution >= 4 is 11.7 Å². The summed E-state index contributed by atoms with van der Waals surface area (Å²) in [6, 6.07) is 2.35. The molecule has 0 radical (unpaired) electrons. The van der Waals surface area contributed by atoms with Crippen LogP contribution in [0.1, 0.15) is 57.4 Å². The Morgan fingerprint density at radius 3 is 2.32 bits per heavy atom. The highest BCUT2D eigenvalue weighted by Crippen LogP contribution is 2.28. The van der Waals surface area contributed by atoms with Crippen LogP contribution in [-0.2, 0) is 22.4 Å². The molecule has 2 atom stereocenters. The quantitative estimate of drug-likeness (QED) is 0.791. The third-order valence-electron chi connectivity index (χ3n) is 5.81. The molecule has 1 aromatic rings. The summed E-state index contributed by atoms with van der Waals surface area (Å²) < 4.78 is 5.75. The summed E-state index contributed by atoms with van der Waals surface area (Å²) in [7, 11) is 0. The van der Waals surface area contributed by atoms with E-state index in [2.05, 4.69) is 28.1 Å². The zero-order valence-electron chi connectivity index (χ0n) is 17.4. The lowest BCUT2D eigenvalue weighted by molar-refractivity contribution is -0.148. The van der Waals surface area contributed by atoms with Crippen molar-refractivity contribution in [3.8, 4) is 6.07 Å². The first-order valence-corrected chi connectivity index (χ1v) is 10.5. The number of aryl methyl sites for hydroxylation is 1. The smallest absolute Gasteiger partial charge is 0.225 e. The molecule has 2 fully saturated rings. The van der Waals surface area contributed by atoms with E-state index in [-0.39, 0.29) is 24.0 Å². The van der Waals surface area contributed by atoms with Crippen LogP contribution in [0.2, 0.25) is 0 Å². The molecule has 2 unspecified atom stereocenters. The van der Waals surface area contributed by atoms with E-state index in [1.165, 1.54) is 0 Å². The number of nitrogens with zero attached hydrogens (tertiary/aromatic N) is 5. The SMILES string of the molecule is CCc1nnc(N2CCC(C(=O)N3CC(C)OC(C)C3)CC2)c(C#N)c1CC. The summed E-state index contributed by atoms with van der Waals surface area (Å²) in [5, 5.41) is 18.5. The van der Waals surface area contributed by atoms with Gasteiger partial charge >= 0.3 is 0 Å². The Balaban J connectivity index is 1.69. The number of rotatable bonds is 4. The minimum absolute atomic E-state index is 0.0350. The minimum Gasteiger partial charge on any atom is -0.372 e. The van der Waals surface area contributed by atoms with E-state index >= 15 is 0 Å². The molecule has 152 valence electrons. The van der Waals surface area contributed by atoms with Crippen LogP contribution in [0.15, 0.2) is 0 Å². The number of piperidine rings is 1. The zero-order chi connectivity index (χ0) is 20.3. The molecule has 7 nitrogen and oxygen atoms in total. The maximum Gasteiger partial charge on any atom is 0.225 e. The predicted molar refractivity (Wildman–Crippen MR) is 107 cm³/mol. The van der Waals surface area contributed by atoms with Gasteiger partial charge in [0.1, 0.15) is 11.6 Å². The largest absolute Gasteiger partial charge is 0.372 e. The fraction of sp³-hybridized carbons (Fsp3) is 0.714. The van der Waals surface area contributed by atoms with Crippen molar-refractivity contribution in [2.75, 3.05) is 31.1 Å². The normalized spacial score (nSPS) is 23.5. The lowest BCUT2D eigenvalue weighted by Crippen LogP contribution is -2.51. The summed E-state index contributed by atoms with van der Waals surface area (Å²) in [6.45, 7) is 10.9. The van der Waals surface area contributed by atoms with Crippen molar-refractivity contribution in [3.63, 3.8) is 0 Å². The Bertz CT molecular complexity index is 742. The van der Waals surface area contributed by atoms with E-state index < -0.39 is 0 Å². The molecule has 1 amide bonds. The Kier molecular flexibility index (Phi) is 6.50. The van der Waals surface area contributed by atoms with E-state index in [1.807, 2.05) is 25.7 Å². The average molecular weight is 386 g/mol. The van der Waals surface area contributed by atoms with Gasteiger partial charge in [0.15, 0.2) is 5.82 Å². The van der Waals surface area contributed by atoms with E-state index in [4.69, 9.17) is 4.74 Å². The van der Waals surface area contributed by atoms with Crippen LogP contribution in [0.25, 0.3) is 0 Å². The molecule has 0 aliphatic carbocycles. The van der Waals surface area contributed by atoms with E-state index in [0.717, 1.165) is 50.0 Å². The van der Waals surface area contributed by atoms with Gasteiger partial charge in [-0.25, -0.2) is 0 Å². The van der Waals surface area contributed by atoms with Gasteiger partial charge in [-0.3, -0.25) is 4.79 Å². The maximum absolute atomic E-state index is 13.0. The number of anilines is 1. The molecule has 0 saturated carbocycles. The third kappa shape index (κ3) is 4.12. The molecule has 28 heavy (non-hydrogen) atoms. The van der Waals surface area contributed by atoms with Gasteiger partial charge in [-0.15, -0.1) is 5.10 Å². The highest BCUT2D eigenvalue weighted by atomic mass is 16.5. The standard InChI is InChI=1S/C21H31N5O2/c1-5-17-18(11-22)20(24-23-19(17)6-2)25-9-7-16(8-10-25)21(27)26-12-14(3)28-15(4)13-26/h14-16H,5-10,12-13H2,1-4H3. The zero-order valence-corrected chi connectivity index (χ0v) is 17.4. The van der Waals surface area contributed by atoms with Crippen LogP contribution in [0.5, 0.6) is 0 Å². The van der Waals surface area contributed by atoms with Crippen LogP contribution in [0, 0.1) is 17.2 Å². The number of aromatic nitrogens is 2. The van der Waals surface area contributed by atoms with Crippen LogP contribution in [0.4, 0.5) is 5.82 Å². The Labute approximate surface area is 167 Å². The number of ether oxygens (including phenoxy) is 1. The summed E-state index contributed by atoms with van der Waals surface area (Å²) in [5.74, 6) is 0.952. The molecule has 0 N–H and O–H groups in total. The maximum atomic E-state index is 13.0. The third-order valence-corrected chi connectivity index (χ3v) is 5.81. The fourth-order valence-electron chi connectivity index (χ4n) is 4.46. The van der Waals surface area contributed by atoms with Gasteiger partial charge in [-0.1, -0.05) is 13.8 Å². The average Bonchev–Trinajstić information content (AvgIpc) is 2.71. The van der Waals surface area contributed by atoms with Crippen molar-refractivity contribution in [2.24, 2.45) is 5.92 Å². The second-order valence-corrected chi connectivity index (χ2v) is 7.90. The van der Waals surface area contributed by atoms with Crippen LogP contribution >= 0.6 is 0 Å². The van der Waals surface area contributed by atoms with Gasteiger partial charge in [0.05, 0.1) is 17.9 Å². The van der Waals surface area contributed by atoms with Crippen LogP contribution in [0.3, 0.4) is 0 Å². The van der Waals surface area contributed by atoms with Gasteiger partial charge in [0.2, 0.25) is 5.91 Å². The number of hydrogen-bond donors (Lipinski definition) is 0. The molecule has 0 spiro atoms. The molecule has 7 heteroatoms. The van der Waals surface area contributed by atoms with Gasteiger partial charge < -0.3 is 14.5 Å². The first kappa shape index (κ1) is 20.5. The summed E-state index contributed by atoms with van der Waals surface area (Å²) >= 11 is 0. The molecule has 2 aliphatic heterocycles. The number of morpholine rings is 1. The molecule has 0 bridgehead atoms. The van der Waals surface area contributed by atoms with Crippen molar-refractivity contribution in [1.29, 1.82) is 5.26 Å². The van der Waals surface area contributed by atoms with Gasteiger partial charge in [0, 0.05) is 32.1 Å². The number of nitriles is 1. The molecular formula is C21H31N5O2. The number of carbonyl (C=O) groups is 1. The van der Waals surface area contributed by atoms with Crippen molar-refractivity contribution < 1.29 is 9.53 Å². The second kappa shape index (κ2) is 8.87. The highest BCUT2D eigenvalue weighted by Gasteiger charge is 2.33. The molecular weight excluding hydrogens is 354 g/mol. The number of hydrogen-bond acceptors (Lipinski definition) is 6. The molecule has 3 heterocycles. The van der Waals surface area contributed by atoms with Gasteiger partial charge in [0.25, 0.3) is 0 Å². The first-order valence-electron chi connectivity index (χ1n) is 10.5. The molecule has 2 aliphatic rings. The first-order chi connectivity index (χ1) is 13.5. The molecule has 2 saturated heterocycles. The molecule has 1 aromatic heterocycles. The van der Waals surface area contributed by atoms with E-state index in [0.29, 0.717) is 24.5 Å². The van der Waals surface area contributed by atoms with Crippen LogP contribution in [-0.4, -0.2) is 59.4 Å². The Morgan fingerprint density at radius 2 is 1.79 bits per heavy atom. The van der Waals surface area contributed by atoms with Crippen molar-refractivity contribution in [2.45, 2.75) is 65.6 Å². The summed E-state index contributed by atoms with van der Waals surface area (Å²) in [6.07, 6.45) is 3.29. The van der Waals surface area contributed by atoms with Crippen molar-refractivity contribution in [3.05, 3.63) is 16.8 Å². The Morgan fingerprint density at radius 1 is 1.14 bits per heavy atom.